The molecule has 2 heteroatoms. The van der Waals surface area contributed by atoms with Gasteiger partial charge in [-0.15, -0.1) is 0 Å². The topological polar surface area (TPSA) is 20.2 Å². The fourth-order valence-corrected chi connectivity index (χ4v) is 2.48. The zero-order valence-electron chi connectivity index (χ0n) is 11.8. The van der Waals surface area contributed by atoms with Crippen molar-refractivity contribution >= 4 is 11.6 Å². The average Bonchev–Trinajstić information content (AvgIpc) is 2.33. The number of hydrogen-bond acceptors (Lipinski definition) is 1. The van der Waals surface area contributed by atoms with E-state index in [1.807, 2.05) is 26.0 Å². The van der Waals surface area contributed by atoms with Crippen LogP contribution in [-0.2, 0) is 0 Å². The molecule has 1 aromatic carbocycles. The van der Waals surface area contributed by atoms with E-state index in [-0.39, 0.29) is 6.10 Å². The van der Waals surface area contributed by atoms with Gasteiger partial charge in [-0.05, 0) is 43.0 Å². The fraction of sp³-hybridized carbons (Fsp3) is 0.625. The van der Waals surface area contributed by atoms with Crippen LogP contribution in [0.3, 0.4) is 0 Å². The third-order valence-corrected chi connectivity index (χ3v) is 3.89. The number of unbranched alkanes of at least 4 members (excludes halogenated alkanes) is 4. The molecule has 0 aliphatic rings. The van der Waals surface area contributed by atoms with Crippen molar-refractivity contribution in [3.8, 4) is 0 Å². The molecule has 1 N–H and O–H groups in total. The van der Waals surface area contributed by atoms with Crippen LogP contribution in [-0.4, -0.2) is 5.11 Å². The summed E-state index contributed by atoms with van der Waals surface area (Å²) in [7, 11) is 0. The Balaban J connectivity index is 2.51. The van der Waals surface area contributed by atoms with Crippen molar-refractivity contribution in [1.29, 1.82) is 0 Å². The van der Waals surface area contributed by atoms with E-state index in [1.54, 1.807) is 0 Å². The quantitative estimate of drug-likeness (QED) is 0.661. The normalized spacial score (nSPS) is 12.7. The molecule has 0 fully saturated rings. The van der Waals surface area contributed by atoms with Gasteiger partial charge < -0.3 is 5.11 Å². The number of aryl methyl sites for hydroxylation is 2. The molecule has 0 spiro atoms. The third kappa shape index (κ3) is 4.62. The second-order valence-corrected chi connectivity index (χ2v) is 5.58. The minimum absolute atomic E-state index is 0.345. The predicted molar refractivity (Wildman–Crippen MR) is 79.3 cm³/mol. The monoisotopic (exact) mass is 268 g/mol. The van der Waals surface area contributed by atoms with Gasteiger partial charge in [-0.2, -0.15) is 0 Å². The van der Waals surface area contributed by atoms with Gasteiger partial charge in [0.05, 0.1) is 6.10 Å². The van der Waals surface area contributed by atoms with Gasteiger partial charge in [-0.25, -0.2) is 0 Å². The molecule has 0 radical (unpaired) electrons. The molecule has 0 saturated carbocycles. The second-order valence-electron chi connectivity index (χ2n) is 5.18. The van der Waals surface area contributed by atoms with Crippen molar-refractivity contribution in [3.63, 3.8) is 0 Å². The van der Waals surface area contributed by atoms with Crippen LogP contribution < -0.4 is 0 Å². The van der Waals surface area contributed by atoms with Gasteiger partial charge in [0.2, 0.25) is 0 Å². The number of rotatable bonds is 7. The summed E-state index contributed by atoms with van der Waals surface area (Å²) in [6.07, 6.45) is 6.67. The van der Waals surface area contributed by atoms with E-state index >= 15 is 0 Å². The third-order valence-electron chi connectivity index (χ3n) is 3.49. The first-order chi connectivity index (χ1) is 8.56. The molecule has 1 nitrogen and oxygen atoms in total. The van der Waals surface area contributed by atoms with Crippen LogP contribution in [0, 0.1) is 13.8 Å². The Morgan fingerprint density at radius 3 is 2.39 bits per heavy atom. The molecule has 1 aromatic rings. The Hall–Kier alpha value is -0.530. The Bertz CT molecular complexity index is 374. The summed E-state index contributed by atoms with van der Waals surface area (Å²) in [5.74, 6) is 0. The van der Waals surface area contributed by atoms with Gasteiger partial charge in [-0.3, -0.25) is 0 Å². The van der Waals surface area contributed by atoms with Crippen LogP contribution in [0.4, 0.5) is 0 Å². The highest BCUT2D eigenvalue weighted by Gasteiger charge is 2.11. The largest absolute Gasteiger partial charge is 0.388 e. The number of aliphatic hydroxyl groups is 1. The average molecular weight is 269 g/mol. The van der Waals surface area contributed by atoms with Gasteiger partial charge in [0.25, 0.3) is 0 Å². The van der Waals surface area contributed by atoms with Crippen molar-refractivity contribution in [2.75, 3.05) is 0 Å². The minimum Gasteiger partial charge on any atom is -0.388 e. The van der Waals surface area contributed by atoms with Crippen LogP contribution in [0.5, 0.6) is 0 Å². The Morgan fingerprint density at radius 2 is 1.72 bits per heavy atom. The molecule has 18 heavy (non-hydrogen) atoms. The summed E-state index contributed by atoms with van der Waals surface area (Å²) >= 11 is 6.07. The highest BCUT2D eigenvalue weighted by Crippen LogP contribution is 2.27. The van der Waals surface area contributed by atoms with E-state index in [1.165, 1.54) is 25.7 Å². The zero-order valence-corrected chi connectivity index (χ0v) is 12.6. The first-order valence-corrected chi connectivity index (χ1v) is 7.38. The van der Waals surface area contributed by atoms with Gasteiger partial charge in [-0.1, -0.05) is 56.7 Å². The maximum atomic E-state index is 10.2. The van der Waals surface area contributed by atoms with Gasteiger partial charge in [0.15, 0.2) is 0 Å². The lowest BCUT2D eigenvalue weighted by Gasteiger charge is -2.15. The van der Waals surface area contributed by atoms with E-state index in [9.17, 15) is 5.11 Å². The molecule has 0 aliphatic heterocycles. The highest BCUT2D eigenvalue weighted by atomic mass is 35.5. The van der Waals surface area contributed by atoms with E-state index in [2.05, 4.69) is 6.92 Å². The molecule has 0 amide bonds. The maximum absolute atomic E-state index is 10.2. The Kier molecular flexibility index (Phi) is 6.73. The fourth-order valence-electron chi connectivity index (χ4n) is 2.26. The predicted octanol–water partition coefficient (Wildman–Crippen LogP) is 5.35. The van der Waals surface area contributed by atoms with Crippen molar-refractivity contribution in [2.45, 2.75) is 65.4 Å². The van der Waals surface area contributed by atoms with Gasteiger partial charge >= 0.3 is 0 Å². The summed E-state index contributed by atoms with van der Waals surface area (Å²) in [5.41, 5.74) is 3.17. The zero-order chi connectivity index (χ0) is 13.5. The lowest BCUT2D eigenvalue weighted by molar-refractivity contribution is 0.162. The number of aliphatic hydroxyl groups excluding tert-OH is 1. The molecule has 1 unspecified atom stereocenters. The smallest absolute Gasteiger partial charge is 0.0792 e. The number of halogens is 1. The number of benzene rings is 1. The molecule has 0 saturated heterocycles. The van der Waals surface area contributed by atoms with E-state index in [4.69, 9.17) is 11.6 Å². The second kappa shape index (κ2) is 7.81. The van der Waals surface area contributed by atoms with Crippen molar-refractivity contribution in [2.24, 2.45) is 0 Å². The molecular formula is C16H25ClO. The van der Waals surface area contributed by atoms with Gasteiger partial charge in [0, 0.05) is 5.02 Å². The highest BCUT2D eigenvalue weighted by molar-refractivity contribution is 6.31. The van der Waals surface area contributed by atoms with Crippen LogP contribution in [0.2, 0.25) is 5.02 Å². The summed E-state index contributed by atoms with van der Waals surface area (Å²) < 4.78 is 0. The molecule has 1 atom stereocenters. The molecule has 0 aliphatic carbocycles. The molecule has 0 aromatic heterocycles. The van der Waals surface area contributed by atoms with Crippen LogP contribution >= 0.6 is 11.6 Å². The minimum atomic E-state index is -0.345. The summed E-state index contributed by atoms with van der Waals surface area (Å²) in [6, 6.07) is 3.97. The molecule has 0 bridgehead atoms. The Labute approximate surface area is 116 Å². The van der Waals surface area contributed by atoms with Crippen LogP contribution in [0.15, 0.2) is 12.1 Å². The van der Waals surface area contributed by atoms with Gasteiger partial charge in [0.1, 0.15) is 0 Å². The molecule has 102 valence electrons. The first kappa shape index (κ1) is 15.5. The van der Waals surface area contributed by atoms with E-state index in [0.717, 1.165) is 34.6 Å². The van der Waals surface area contributed by atoms with E-state index < -0.39 is 0 Å². The van der Waals surface area contributed by atoms with Crippen molar-refractivity contribution in [1.82, 2.24) is 0 Å². The van der Waals surface area contributed by atoms with Crippen molar-refractivity contribution in [3.05, 3.63) is 33.8 Å². The summed E-state index contributed by atoms with van der Waals surface area (Å²) in [5, 5.41) is 11.0. The van der Waals surface area contributed by atoms with Crippen LogP contribution in [0.1, 0.15) is 68.2 Å². The lowest BCUT2D eigenvalue weighted by Crippen LogP contribution is -2.01. The molecule has 1 rings (SSSR count). The van der Waals surface area contributed by atoms with Crippen LogP contribution in [0.25, 0.3) is 0 Å². The first-order valence-electron chi connectivity index (χ1n) is 7.01. The molecular weight excluding hydrogens is 244 g/mol. The SMILES string of the molecule is CCCCCCCC(O)c1cc(C)c(Cl)cc1C. The summed E-state index contributed by atoms with van der Waals surface area (Å²) in [4.78, 5) is 0. The molecule has 0 heterocycles. The summed E-state index contributed by atoms with van der Waals surface area (Å²) in [6.45, 7) is 6.22. The maximum Gasteiger partial charge on any atom is 0.0792 e. The standard InChI is InChI=1S/C16H25ClO/c1-4-5-6-7-8-9-16(18)14-10-13(3)15(17)11-12(14)2/h10-11,16,18H,4-9H2,1-3H3. The van der Waals surface area contributed by atoms with Crippen molar-refractivity contribution < 1.29 is 5.11 Å². The Morgan fingerprint density at radius 1 is 1.06 bits per heavy atom. The van der Waals surface area contributed by atoms with E-state index in [0.29, 0.717) is 0 Å². The number of hydrogen-bond donors (Lipinski definition) is 1. The lowest BCUT2D eigenvalue weighted by atomic mass is 9.97.